The predicted octanol–water partition coefficient (Wildman–Crippen LogP) is 2.53. The molecule has 0 spiro atoms. The first kappa shape index (κ1) is 12.4. The van der Waals surface area contributed by atoms with Gasteiger partial charge in [0.2, 0.25) is 0 Å². The zero-order chi connectivity index (χ0) is 10.3. The van der Waals surface area contributed by atoms with Gasteiger partial charge in [-0.05, 0) is 26.7 Å². The van der Waals surface area contributed by atoms with Crippen LogP contribution in [0.4, 0.5) is 0 Å². The van der Waals surface area contributed by atoms with E-state index in [0.29, 0.717) is 0 Å². The largest absolute Gasteiger partial charge is 0.513 e. The van der Waals surface area contributed by atoms with E-state index in [1.165, 1.54) is 6.42 Å². The summed E-state index contributed by atoms with van der Waals surface area (Å²) in [6.07, 6.45) is 4.20. The monoisotopic (exact) mass is 197 g/mol. The smallest absolute Gasteiger partial charge is 0.345 e. The summed E-state index contributed by atoms with van der Waals surface area (Å²) in [4.78, 5) is 11.2. The zero-order valence-corrected chi connectivity index (χ0v) is 9.64. The molecule has 0 bridgehead atoms. The first-order valence-electron chi connectivity index (χ1n) is 4.67. The second-order valence-corrected chi connectivity index (χ2v) is 3.53. The van der Waals surface area contributed by atoms with Crippen molar-refractivity contribution in [2.24, 2.45) is 0 Å². The van der Waals surface area contributed by atoms with Crippen molar-refractivity contribution < 1.29 is 9.22 Å². The fourth-order valence-electron chi connectivity index (χ4n) is 1.17. The van der Waals surface area contributed by atoms with Gasteiger partial charge in [0.15, 0.2) is 0 Å². The quantitative estimate of drug-likeness (QED) is 0.384. The van der Waals surface area contributed by atoms with E-state index in [-0.39, 0.29) is 5.97 Å². The fraction of sp³-hybridized carbons (Fsp3) is 0.700. The van der Waals surface area contributed by atoms with Crippen molar-refractivity contribution in [1.29, 1.82) is 0 Å². The van der Waals surface area contributed by atoms with E-state index in [1.54, 1.807) is 0 Å². The molecule has 0 unspecified atom stereocenters. The standard InChI is InChI=1S/C10H17O2Si/c1-4-5-6-7-9(8(2)3)10(11)12-13/h4-7H2,1-3H3. The summed E-state index contributed by atoms with van der Waals surface area (Å²) >= 11 is 0. The molecule has 0 N–H and O–H groups in total. The van der Waals surface area contributed by atoms with Gasteiger partial charge in [-0.25, -0.2) is 4.79 Å². The molecule has 0 saturated carbocycles. The molecule has 0 saturated heterocycles. The maximum Gasteiger partial charge on any atom is 0.345 e. The van der Waals surface area contributed by atoms with Crippen LogP contribution >= 0.6 is 0 Å². The number of hydrogen-bond acceptors (Lipinski definition) is 2. The summed E-state index contributed by atoms with van der Waals surface area (Å²) < 4.78 is 4.51. The minimum atomic E-state index is -0.257. The van der Waals surface area contributed by atoms with Gasteiger partial charge in [0.05, 0.1) is 0 Å². The van der Waals surface area contributed by atoms with E-state index < -0.39 is 0 Å². The molecular formula is C10H17O2Si. The Balaban J connectivity index is 4.14. The Morgan fingerprint density at radius 2 is 1.92 bits per heavy atom. The first-order valence-corrected chi connectivity index (χ1v) is 5.08. The minimum Gasteiger partial charge on any atom is -0.513 e. The van der Waals surface area contributed by atoms with Gasteiger partial charge in [-0.1, -0.05) is 25.3 Å². The van der Waals surface area contributed by atoms with Crippen LogP contribution in [0.25, 0.3) is 0 Å². The molecule has 0 fully saturated rings. The van der Waals surface area contributed by atoms with Crippen molar-refractivity contribution in [3.8, 4) is 0 Å². The summed E-state index contributed by atoms with van der Waals surface area (Å²) in [5, 5.41) is 0. The highest BCUT2D eigenvalue weighted by molar-refractivity contribution is 6.09. The summed E-state index contributed by atoms with van der Waals surface area (Å²) in [6.45, 7) is 6.01. The molecule has 0 aromatic carbocycles. The van der Waals surface area contributed by atoms with Crippen molar-refractivity contribution in [3.63, 3.8) is 0 Å². The Hall–Kier alpha value is -0.573. The molecule has 3 heteroatoms. The van der Waals surface area contributed by atoms with Gasteiger partial charge in [0.1, 0.15) is 0 Å². The van der Waals surface area contributed by atoms with Crippen LogP contribution in [0.1, 0.15) is 46.5 Å². The summed E-state index contributed by atoms with van der Waals surface area (Å²) in [5.74, 6) is -0.257. The topological polar surface area (TPSA) is 26.3 Å². The van der Waals surface area contributed by atoms with Crippen LogP contribution in [0.3, 0.4) is 0 Å². The average Bonchev–Trinajstić information content (AvgIpc) is 2.11. The van der Waals surface area contributed by atoms with Crippen LogP contribution < -0.4 is 0 Å². The molecule has 0 heterocycles. The van der Waals surface area contributed by atoms with E-state index in [9.17, 15) is 4.79 Å². The van der Waals surface area contributed by atoms with E-state index in [1.807, 2.05) is 13.8 Å². The lowest BCUT2D eigenvalue weighted by molar-refractivity contribution is -0.130. The van der Waals surface area contributed by atoms with Gasteiger partial charge >= 0.3 is 16.5 Å². The second-order valence-electron chi connectivity index (χ2n) is 3.33. The second kappa shape index (κ2) is 6.89. The lowest BCUT2D eigenvalue weighted by atomic mass is 10.0. The highest BCUT2D eigenvalue weighted by atomic mass is 28.2. The maximum absolute atomic E-state index is 11.2. The van der Waals surface area contributed by atoms with Gasteiger partial charge < -0.3 is 4.43 Å². The molecule has 0 aliphatic carbocycles. The van der Waals surface area contributed by atoms with Crippen LogP contribution in [-0.2, 0) is 9.22 Å². The van der Waals surface area contributed by atoms with Crippen LogP contribution in [0.5, 0.6) is 0 Å². The number of allylic oxidation sites excluding steroid dienone is 1. The molecule has 0 aliphatic heterocycles. The van der Waals surface area contributed by atoms with Gasteiger partial charge in [-0.3, -0.25) is 0 Å². The van der Waals surface area contributed by atoms with Crippen molar-refractivity contribution in [3.05, 3.63) is 11.1 Å². The number of rotatable bonds is 5. The maximum atomic E-state index is 11.2. The Morgan fingerprint density at radius 3 is 2.31 bits per heavy atom. The SMILES string of the molecule is CCCCCC(C(=O)O[Si])=C(C)C. The lowest BCUT2D eigenvalue weighted by Gasteiger charge is -2.06. The van der Waals surface area contributed by atoms with Crippen molar-refractivity contribution >= 4 is 16.5 Å². The Bertz CT molecular complexity index is 193. The van der Waals surface area contributed by atoms with E-state index in [4.69, 9.17) is 0 Å². The average molecular weight is 197 g/mol. The van der Waals surface area contributed by atoms with Crippen LogP contribution in [0.15, 0.2) is 11.1 Å². The third-order valence-corrected chi connectivity index (χ3v) is 2.16. The number of hydrogen-bond donors (Lipinski definition) is 0. The Labute approximate surface area is 83.9 Å². The van der Waals surface area contributed by atoms with Crippen molar-refractivity contribution in [1.82, 2.24) is 0 Å². The van der Waals surface area contributed by atoms with Gasteiger partial charge in [0.25, 0.3) is 0 Å². The molecule has 2 nitrogen and oxygen atoms in total. The molecule has 73 valence electrons. The van der Waals surface area contributed by atoms with Crippen LogP contribution in [0.2, 0.25) is 0 Å². The minimum absolute atomic E-state index is 0.257. The molecule has 0 aromatic rings. The molecule has 0 amide bonds. The predicted molar refractivity (Wildman–Crippen MR) is 54.4 cm³/mol. The van der Waals surface area contributed by atoms with Gasteiger partial charge in [0, 0.05) is 5.57 Å². The molecule has 13 heavy (non-hydrogen) atoms. The fourth-order valence-corrected chi connectivity index (χ4v) is 1.29. The summed E-state index contributed by atoms with van der Waals surface area (Å²) in [5.41, 5.74) is 1.84. The molecule has 0 rings (SSSR count). The lowest BCUT2D eigenvalue weighted by Crippen LogP contribution is -2.07. The van der Waals surface area contributed by atoms with Gasteiger partial charge in [-0.15, -0.1) is 0 Å². The molecule has 0 aromatic heterocycles. The normalized spacial score (nSPS) is 9.54. The highest BCUT2D eigenvalue weighted by Gasteiger charge is 2.09. The molecule has 3 radical (unpaired) electrons. The van der Waals surface area contributed by atoms with Crippen LogP contribution in [0, 0.1) is 0 Å². The third-order valence-electron chi connectivity index (χ3n) is 1.97. The Kier molecular flexibility index (Phi) is 6.59. The number of carbonyl (C=O) groups excluding carboxylic acids is 1. The molecule has 0 atom stereocenters. The Morgan fingerprint density at radius 1 is 1.31 bits per heavy atom. The van der Waals surface area contributed by atoms with Crippen molar-refractivity contribution in [2.75, 3.05) is 0 Å². The molecule has 0 aliphatic rings. The number of unbranched alkanes of at least 4 members (excludes halogenated alkanes) is 2. The van der Waals surface area contributed by atoms with Crippen LogP contribution in [-0.4, -0.2) is 16.5 Å². The third kappa shape index (κ3) is 4.88. The number of carbonyl (C=O) groups is 1. The zero-order valence-electron chi connectivity index (χ0n) is 8.64. The highest BCUT2D eigenvalue weighted by Crippen LogP contribution is 2.14. The summed E-state index contributed by atoms with van der Waals surface area (Å²) in [7, 11) is 2.76. The van der Waals surface area contributed by atoms with E-state index in [2.05, 4.69) is 21.8 Å². The summed E-state index contributed by atoms with van der Waals surface area (Å²) in [6, 6.07) is 0. The van der Waals surface area contributed by atoms with Crippen molar-refractivity contribution in [2.45, 2.75) is 46.5 Å². The van der Waals surface area contributed by atoms with E-state index >= 15 is 0 Å². The van der Waals surface area contributed by atoms with E-state index in [0.717, 1.165) is 30.4 Å². The van der Waals surface area contributed by atoms with Gasteiger partial charge in [-0.2, -0.15) is 0 Å². The first-order chi connectivity index (χ1) is 6.13. The molecular weight excluding hydrogens is 180 g/mol.